The average molecular weight is 232 g/mol. The third-order valence-electron chi connectivity index (χ3n) is 3.50. The number of carbonyl (C=O) groups excluding carboxylic acids is 1. The minimum absolute atomic E-state index is 0.0562. The number of hydrogen-bond acceptors (Lipinski definition) is 3. The Bertz CT molecular complexity index is 466. The fourth-order valence-electron chi connectivity index (χ4n) is 2.17. The van der Waals surface area contributed by atoms with E-state index in [9.17, 15) is 4.79 Å². The predicted molar refractivity (Wildman–Crippen MR) is 65.0 cm³/mol. The van der Waals surface area contributed by atoms with E-state index in [2.05, 4.69) is 5.32 Å². The normalized spacial score (nSPS) is 20.2. The zero-order valence-electron chi connectivity index (χ0n) is 9.66. The van der Waals surface area contributed by atoms with E-state index < -0.39 is 0 Å². The van der Waals surface area contributed by atoms with Crippen LogP contribution >= 0.6 is 0 Å². The first-order valence-corrected chi connectivity index (χ1v) is 6.00. The standard InChI is InChI=1S/C13H16N2O2/c14-13(6-7-13)5-4-9-2-1-3-10-12(9)17-8-11(16)15-10/h1-3H,4-8,14H2,(H,15,16). The van der Waals surface area contributed by atoms with E-state index in [0.717, 1.165) is 42.7 Å². The number of fused-ring (bicyclic) bond motifs is 1. The number of benzene rings is 1. The Morgan fingerprint density at radius 3 is 3.00 bits per heavy atom. The maximum atomic E-state index is 11.2. The van der Waals surface area contributed by atoms with E-state index in [0.29, 0.717) is 0 Å². The van der Waals surface area contributed by atoms with E-state index in [1.54, 1.807) is 0 Å². The molecule has 1 aliphatic heterocycles. The Morgan fingerprint density at radius 1 is 1.41 bits per heavy atom. The summed E-state index contributed by atoms with van der Waals surface area (Å²) in [4.78, 5) is 11.2. The van der Waals surface area contributed by atoms with Crippen LogP contribution < -0.4 is 15.8 Å². The zero-order valence-corrected chi connectivity index (χ0v) is 9.66. The molecule has 0 radical (unpaired) electrons. The van der Waals surface area contributed by atoms with Crippen LogP contribution in [0.3, 0.4) is 0 Å². The molecule has 1 aromatic rings. The van der Waals surface area contributed by atoms with Crippen molar-refractivity contribution in [3.8, 4) is 5.75 Å². The van der Waals surface area contributed by atoms with Crippen molar-refractivity contribution in [2.75, 3.05) is 11.9 Å². The molecule has 1 fully saturated rings. The van der Waals surface area contributed by atoms with Crippen LogP contribution in [0.1, 0.15) is 24.8 Å². The minimum Gasteiger partial charge on any atom is -0.481 e. The molecule has 0 unspecified atom stereocenters. The molecule has 0 atom stereocenters. The SMILES string of the molecule is NC1(CCc2cccc3c2OCC(=O)N3)CC1. The fraction of sp³-hybridized carbons (Fsp3) is 0.462. The number of rotatable bonds is 3. The molecule has 17 heavy (non-hydrogen) atoms. The monoisotopic (exact) mass is 232 g/mol. The molecule has 0 aromatic heterocycles. The second-order valence-corrected chi connectivity index (χ2v) is 4.99. The first kappa shape index (κ1) is 10.6. The van der Waals surface area contributed by atoms with Gasteiger partial charge < -0.3 is 15.8 Å². The Kier molecular flexibility index (Phi) is 2.33. The topological polar surface area (TPSA) is 64.3 Å². The third-order valence-corrected chi connectivity index (χ3v) is 3.50. The van der Waals surface area contributed by atoms with Gasteiger partial charge in [0.15, 0.2) is 6.61 Å². The van der Waals surface area contributed by atoms with Crippen molar-refractivity contribution in [2.45, 2.75) is 31.2 Å². The van der Waals surface area contributed by atoms with Crippen LogP contribution in [0, 0.1) is 0 Å². The average Bonchev–Trinajstić information content (AvgIpc) is 3.05. The Hall–Kier alpha value is -1.55. The second-order valence-electron chi connectivity index (χ2n) is 4.99. The summed E-state index contributed by atoms with van der Waals surface area (Å²) in [5, 5.41) is 2.82. The maximum absolute atomic E-state index is 11.2. The van der Waals surface area contributed by atoms with Crippen LogP contribution in [0.4, 0.5) is 5.69 Å². The third kappa shape index (κ3) is 2.13. The molecule has 1 amide bonds. The van der Waals surface area contributed by atoms with Crippen molar-refractivity contribution in [2.24, 2.45) is 5.73 Å². The van der Waals surface area contributed by atoms with E-state index in [4.69, 9.17) is 10.5 Å². The smallest absolute Gasteiger partial charge is 0.262 e. The van der Waals surface area contributed by atoms with Crippen molar-refractivity contribution < 1.29 is 9.53 Å². The van der Waals surface area contributed by atoms with Gasteiger partial charge in [0.2, 0.25) is 0 Å². The molecule has 1 aromatic carbocycles. The lowest BCUT2D eigenvalue weighted by atomic mass is 10.0. The van der Waals surface area contributed by atoms with Crippen LogP contribution in [-0.4, -0.2) is 18.1 Å². The molecular weight excluding hydrogens is 216 g/mol. The van der Waals surface area contributed by atoms with Gasteiger partial charge in [0.05, 0.1) is 5.69 Å². The fourth-order valence-corrected chi connectivity index (χ4v) is 2.17. The molecular formula is C13H16N2O2. The van der Waals surface area contributed by atoms with Crippen molar-refractivity contribution in [1.29, 1.82) is 0 Å². The van der Waals surface area contributed by atoms with Crippen LogP contribution in [0.25, 0.3) is 0 Å². The van der Waals surface area contributed by atoms with Gasteiger partial charge in [0.25, 0.3) is 5.91 Å². The van der Waals surface area contributed by atoms with Crippen molar-refractivity contribution in [1.82, 2.24) is 0 Å². The highest BCUT2D eigenvalue weighted by molar-refractivity contribution is 5.95. The number of hydrogen-bond donors (Lipinski definition) is 2. The number of carbonyl (C=O) groups is 1. The summed E-state index contributed by atoms with van der Waals surface area (Å²) >= 11 is 0. The summed E-state index contributed by atoms with van der Waals surface area (Å²) in [7, 11) is 0. The Balaban J connectivity index is 1.80. The van der Waals surface area contributed by atoms with Crippen molar-refractivity contribution >= 4 is 11.6 Å². The number of amides is 1. The summed E-state index contributed by atoms with van der Waals surface area (Å²) in [6.07, 6.45) is 4.15. The number of para-hydroxylation sites is 1. The highest BCUT2D eigenvalue weighted by Gasteiger charge is 2.37. The van der Waals surface area contributed by atoms with Gasteiger partial charge in [-0.2, -0.15) is 0 Å². The molecule has 3 rings (SSSR count). The van der Waals surface area contributed by atoms with E-state index in [1.165, 1.54) is 0 Å². The zero-order chi connectivity index (χ0) is 11.9. The summed E-state index contributed by atoms with van der Waals surface area (Å²) < 4.78 is 5.50. The summed E-state index contributed by atoms with van der Waals surface area (Å²) in [6.45, 7) is 0.109. The summed E-state index contributed by atoms with van der Waals surface area (Å²) in [5.41, 5.74) is 8.05. The summed E-state index contributed by atoms with van der Waals surface area (Å²) in [5.74, 6) is 0.725. The van der Waals surface area contributed by atoms with Gasteiger partial charge >= 0.3 is 0 Å². The van der Waals surface area contributed by atoms with Gasteiger partial charge in [-0.3, -0.25) is 4.79 Å². The summed E-state index contributed by atoms with van der Waals surface area (Å²) in [6, 6.07) is 5.85. The van der Waals surface area contributed by atoms with Gasteiger partial charge in [0.1, 0.15) is 5.75 Å². The van der Waals surface area contributed by atoms with Crippen LogP contribution in [0.5, 0.6) is 5.75 Å². The molecule has 4 nitrogen and oxygen atoms in total. The Morgan fingerprint density at radius 2 is 2.24 bits per heavy atom. The van der Waals surface area contributed by atoms with Gasteiger partial charge in [-0.1, -0.05) is 12.1 Å². The molecule has 0 spiro atoms. The number of nitrogens with one attached hydrogen (secondary N) is 1. The first-order valence-electron chi connectivity index (χ1n) is 6.00. The van der Waals surface area contributed by atoms with E-state index in [-0.39, 0.29) is 18.1 Å². The molecule has 2 aliphatic rings. The van der Waals surface area contributed by atoms with E-state index >= 15 is 0 Å². The van der Waals surface area contributed by atoms with Gasteiger partial charge in [0, 0.05) is 5.54 Å². The van der Waals surface area contributed by atoms with Crippen LogP contribution in [0.15, 0.2) is 18.2 Å². The molecule has 0 saturated heterocycles. The van der Waals surface area contributed by atoms with Crippen LogP contribution in [-0.2, 0) is 11.2 Å². The van der Waals surface area contributed by atoms with Crippen molar-refractivity contribution in [3.05, 3.63) is 23.8 Å². The highest BCUT2D eigenvalue weighted by Crippen LogP contribution is 2.39. The minimum atomic E-state index is -0.0906. The number of aryl methyl sites for hydroxylation is 1. The Labute approximate surface area is 100 Å². The molecule has 0 bridgehead atoms. The van der Waals surface area contributed by atoms with Gasteiger partial charge in [-0.05, 0) is 37.3 Å². The maximum Gasteiger partial charge on any atom is 0.262 e. The first-order chi connectivity index (χ1) is 8.16. The lowest BCUT2D eigenvalue weighted by Crippen LogP contribution is -2.26. The number of anilines is 1. The predicted octanol–water partition coefficient (Wildman–Crippen LogP) is 1.44. The lowest BCUT2D eigenvalue weighted by molar-refractivity contribution is -0.118. The second kappa shape index (κ2) is 3.74. The molecule has 4 heteroatoms. The lowest BCUT2D eigenvalue weighted by Gasteiger charge is -2.21. The molecule has 90 valence electrons. The molecule has 1 saturated carbocycles. The molecule has 1 heterocycles. The largest absolute Gasteiger partial charge is 0.481 e. The van der Waals surface area contributed by atoms with Gasteiger partial charge in [-0.15, -0.1) is 0 Å². The quantitative estimate of drug-likeness (QED) is 0.828. The number of nitrogens with two attached hydrogens (primary N) is 1. The molecule has 3 N–H and O–H groups in total. The molecule has 1 aliphatic carbocycles. The van der Waals surface area contributed by atoms with Crippen molar-refractivity contribution in [3.63, 3.8) is 0 Å². The van der Waals surface area contributed by atoms with Gasteiger partial charge in [-0.25, -0.2) is 0 Å². The van der Waals surface area contributed by atoms with Crippen LogP contribution in [0.2, 0.25) is 0 Å². The number of ether oxygens (including phenoxy) is 1. The highest BCUT2D eigenvalue weighted by atomic mass is 16.5. The van der Waals surface area contributed by atoms with E-state index in [1.807, 2.05) is 18.2 Å².